The molecule has 0 spiro atoms. The Bertz CT molecular complexity index is 839. The second-order valence-electron chi connectivity index (χ2n) is 10.4. The molecule has 2 nitrogen and oxygen atoms in total. The first kappa shape index (κ1) is 18.6. The molecule has 0 amide bonds. The minimum Gasteiger partial charge on any atom is -0.393 e. The molecule has 4 aliphatic rings. The molecule has 1 aromatic heterocycles. The van der Waals surface area contributed by atoms with E-state index in [0.717, 1.165) is 37.0 Å². The van der Waals surface area contributed by atoms with Crippen LogP contribution >= 0.6 is 0 Å². The van der Waals surface area contributed by atoms with Gasteiger partial charge in [0.1, 0.15) is 0 Å². The van der Waals surface area contributed by atoms with Gasteiger partial charge in [-0.1, -0.05) is 38.5 Å². The van der Waals surface area contributed by atoms with E-state index in [0.29, 0.717) is 5.41 Å². The summed E-state index contributed by atoms with van der Waals surface area (Å²) in [6, 6.07) is 2.20. The van der Waals surface area contributed by atoms with Crippen LogP contribution < -0.4 is 0 Å². The van der Waals surface area contributed by atoms with Gasteiger partial charge in [0.2, 0.25) is 0 Å². The van der Waals surface area contributed by atoms with Crippen molar-refractivity contribution in [3.8, 4) is 0 Å². The van der Waals surface area contributed by atoms with E-state index < -0.39 is 0 Å². The van der Waals surface area contributed by atoms with Crippen molar-refractivity contribution >= 4 is 5.57 Å². The molecule has 0 aliphatic heterocycles. The second kappa shape index (κ2) is 6.55. The average Bonchev–Trinajstić information content (AvgIpc) is 3.05. The lowest BCUT2D eigenvalue weighted by molar-refractivity contribution is -0.0784. The van der Waals surface area contributed by atoms with Gasteiger partial charge in [-0.3, -0.25) is 4.98 Å². The Morgan fingerprint density at radius 3 is 2.79 bits per heavy atom. The van der Waals surface area contributed by atoms with E-state index in [9.17, 15) is 5.11 Å². The van der Waals surface area contributed by atoms with E-state index in [1.54, 1.807) is 5.57 Å². The van der Waals surface area contributed by atoms with Crippen molar-refractivity contribution in [1.82, 2.24) is 4.98 Å². The van der Waals surface area contributed by atoms with E-state index in [-0.39, 0.29) is 11.5 Å². The summed E-state index contributed by atoms with van der Waals surface area (Å²) in [6.07, 6.45) is 18.4. The van der Waals surface area contributed by atoms with E-state index in [1.165, 1.54) is 48.8 Å². The molecule has 1 N–H and O–H groups in total. The summed E-state index contributed by atoms with van der Waals surface area (Å²) in [5, 5.41) is 10.2. The molecule has 1 aromatic rings. The number of aliphatic hydroxyl groups excluding tert-OH is 1. The second-order valence-corrected chi connectivity index (χ2v) is 10.4. The Labute approximate surface area is 170 Å². The van der Waals surface area contributed by atoms with Gasteiger partial charge >= 0.3 is 0 Å². The van der Waals surface area contributed by atoms with Gasteiger partial charge in [-0.2, -0.15) is 0 Å². The Balaban J connectivity index is 1.47. The summed E-state index contributed by atoms with van der Waals surface area (Å²) < 4.78 is 0. The third kappa shape index (κ3) is 2.53. The normalized spacial score (nSPS) is 42.1. The monoisotopic (exact) mass is 377 g/mol. The third-order valence-electron chi connectivity index (χ3n) is 9.26. The van der Waals surface area contributed by atoms with Gasteiger partial charge in [0, 0.05) is 23.4 Å². The largest absolute Gasteiger partial charge is 0.393 e. The lowest BCUT2D eigenvalue weighted by atomic mass is 9.46. The summed E-state index contributed by atoms with van der Waals surface area (Å²) in [6.45, 7) is 7.31. The maximum Gasteiger partial charge on any atom is 0.0543 e. The topological polar surface area (TPSA) is 33.1 Å². The predicted octanol–water partition coefficient (Wildman–Crippen LogP) is 5.96. The number of allylic oxidation sites excluding steroid dienone is 4. The summed E-state index contributed by atoms with van der Waals surface area (Å²) in [7, 11) is 0. The quantitative estimate of drug-likeness (QED) is 0.689. The molecule has 6 atom stereocenters. The molecule has 0 saturated heterocycles. The number of aryl methyl sites for hydroxylation is 1. The van der Waals surface area contributed by atoms with Crippen molar-refractivity contribution in [3.63, 3.8) is 0 Å². The highest BCUT2D eigenvalue weighted by Gasteiger charge is 2.56. The number of aliphatic hydroxyl groups is 1. The molecule has 3 saturated carbocycles. The van der Waals surface area contributed by atoms with Crippen molar-refractivity contribution in [3.05, 3.63) is 47.3 Å². The lowest BCUT2D eigenvalue weighted by Gasteiger charge is -2.59. The highest BCUT2D eigenvalue weighted by Crippen LogP contribution is 2.66. The van der Waals surface area contributed by atoms with Crippen molar-refractivity contribution in [2.45, 2.75) is 78.2 Å². The van der Waals surface area contributed by atoms with Crippen molar-refractivity contribution < 1.29 is 5.11 Å². The van der Waals surface area contributed by atoms with Gasteiger partial charge in [0.15, 0.2) is 0 Å². The van der Waals surface area contributed by atoms with E-state index in [4.69, 9.17) is 0 Å². The van der Waals surface area contributed by atoms with Crippen LogP contribution in [0.4, 0.5) is 0 Å². The first-order valence-corrected chi connectivity index (χ1v) is 11.5. The van der Waals surface area contributed by atoms with Crippen LogP contribution in [0.15, 0.2) is 36.2 Å². The van der Waals surface area contributed by atoms with Crippen molar-refractivity contribution in [2.24, 2.45) is 28.6 Å². The van der Waals surface area contributed by atoms with Gasteiger partial charge in [0.25, 0.3) is 0 Å². The van der Waals surface area contributed by atoms with Crippen LogP contribution in [0.25, 0.3) is 5.57 Å². The van der Waals surface area contributed by atoms with Gasteiger partial charge in [-0.15, -0.1) is 0 Å². The molecule has 5 rings (SSSR count). The predicted molar refractivity (Wildman–Crippen MR) is 115 cm³/mol. The summed E-state index contributed by atoms with van der Waals surface area (Å²) in [5.41, 5.74) is 6.63. The SMILES string of the molecule is CCc1ccncc1C1=CC=C2[C@@H]3CCC4C[C@@H](O)CC[C@]4(C)[C@H]3CC[C@]12C. The van der Waals surface area contributed by atoms with Crippen LogP contribution in [-0.2, 0) is 6.42 Å². The molecule has 2 heteroatoms. The molecular formula is C26H35NO. The van der Waals surface area contributed by atoms with Crippen molar-refractivity contribution in [2.75, 3.05) is 0 Å². The lowest BCUT2D eigenvalue weighted by Crippen LogP contribution is -2.51. The van der Waals surface area contributed by atoms with Crippen LogP contribution in [0, 0.1) is 28.6 Å². The zero-order chi connectivity index (χ0) is 19.5. The van der Waals surface area contributed by atoms with E-state index in [1.807, 2.05) is 6.20 Å². The van der Waals surface area contributed by atoms with E-state index in [2.05, 4.69) is 50.2 Å². The molecule has 0 radical (unpaired) electrons. The number of rotatable bonds is 2. The maximum atomic E-state index is 10.2. The van der Waals surface area contributed by atoms with Crippen LogP contribution in [0.5, 0.6) is 0 Å². The molecule has 3 fully saturated rings. The molecule has 0 aromatic carbocycles. The summed E-state index contributed by atoms with van der Waals surface area (Å²) >= 11 is 0. The van der Waals surface area contributed by atoms with E-state index >= 15 is 0 Å². The number of fused-ring (bicyclic) bond motifs is 5. The zero-order valence-electron chi connectivity index (χ0n) is 17.7. The van der Waals surface area contributed by atoms with Crippen LogP contribution in [-0.4, -0.2) is 16.2 Å². The summed E-state index contributed by atoms with van der Waals surface area (Å²) in [4.78, 5) is 4.47. The minimum absolute atomic E-state index is 0.0551. The molecule has 28 heavy (non-hydrogen) atoms. The average molecular weight is 378 g/mol. The third-order valence-corrected chi connectivity index (χ3v) is 9.26. The summed E-state index contributed by atoms with van der Waals surface area (Å²) in [5.74, 6) is 2.25. The fourth-order valence-electron chi connectivity index (χ4n) is 7.59. The molecule has 150 valence electrons. The van der Waals surface area contributed by atoms with Crippen LogP contribution in [0.2, 0.25) is 0 Å². The molecular weight excluding hydrogens is 342 g/mol. The van der Waals surface area contributed by atoms with Gasteiger partial charge in [-0.25, -0.2) is 0 Å². The number of pyridine rings is 1. The molecule has 1 unspecified atom stereocenters. The molecule has 0 bridgehead atoms. The van der Waals surface area contributed by atoms with Gasteiger partial charge in [-0.05, 0) is 91.7 Å². The Morgan fingerprint density at radius 2 is 1.96 bits per heavy atom. The number of aromatic nitrogens is 1. The maximum absolute atomic E-state index is 10.2. The number of hydrogen-bond donors (Lipinski definition) is 1. The Kier molecular flexibility index (Phi) is 4.36. The highest BCUT2D eigenvalue weighted by molar-refractivity contribution is 5.79. The standard InChI is InChI=1S/C26H35NO/c1-4-17-11-14-27-16-21(17)23-8-7-22-20-6-5-18-15-19(28)9-12-25(18,2)24(20)10-13-26(22,23)3/h7-8,11,14,16,18-20,24,28H,4-6,9-10,12-13,15H2,1-3H3/t18?,19-,20-,24-,25-,26-/m0/s1. The van der Waals surface area contributed by atoms with Crippen LogP contribution in [0.3, 0.4) is 0 Å². The fraction of sp³-hybridized carbons (Fsp3) is 0.654. The number of nitrogens with zero attached hydrogens (tertiary/aromatic N) is 1. The first-order chi connectivity index (χ1) is 13.5. The molecule has 1 heterocycles. The van der Waals surface area contributed by atoms with Crippen LogP contribution in [0.1, 0.15) is 76.8 Å². The smallest absolute Gasteiger partial charge is 0.0543 e. The van der Waals surface area contributed by atoms with Gasteiger partial charge < -0.3 is 5.11 Å². The number of hydrogen-bond acceptors (Lipinski definition) is 2. The van der Waals surface area contributed by atoms with Crippen molar-refractivity contribution in [1.29, 1.82) is 0 Å². The molecule has 4 aliphatic carbocycles. The Morgan fingerprint density at radius 1 is 1.11 bits per heavy atom. The minimum atomic E-state index is -0.0551. The fourth-order valence-corrected chi connectivity index (χ4v) is 7.59. The Hall–Kier alpha value is -1.41. The van der Waals surface area contributed by atoms with Gasteiger partial charge in [0.05, 0.1) is 6.10 Å². The highest BCUT2D eigenvalue weighted by atomic mass is 16.3. The first-order valence-electron chi connectivity index (χ1n) is 11.5. The zero-order valence-corrected chi connectivity index (χ0v) is 17.7.